The number of fused-ring (bicyclic) bond motifs is 3. The summed E-state index contributed by atoms with van der Waals surface area (Å²) in [4.78, 5) is 27.0. The molecular formula is C25H20F3NO3. The molecule has 2 N–H and O–H groups in total. The Morgan fingerprint density at radius 3 is 2.22 bits per heavy atom. The number of halogens is 3. The third-order valence-electron chi connectivity index (χ3n) is 5.90. The molecule has 0 radical (unpaired) electrons. The number of carboxylic acids is 1. The van der Waals surface area contributed by atoms with Crippen LogP contribution < -0.4 is 5.56 Å². The van der Waals surface area contributed by atoms with Crippen LogP contribution in [0, 0.1) is 20.8 Å². The highest BCUT2D eigenvalue weighted by atomic mass is 19.4. The highest BCUT2D eigenvalue weighted by Gasteiger charge is 2.34. The molecule has 7 heteroatoms. The fraction of sp³-hybridized carbons (Fsp3) is 0.200. The standard InChI is InChI=1S/C25H20F3NO3/c1-12-7-9-15(10-8-12)20-14(3)21-16-5-4-6-18(25(26,27)28)22(16)24(32)29-23(21)13(2)17(20)11-19(30)31/h4-10H,11H2,1-3H3,(H,29,32)(H,30,31). The molecule has 0 saturated heterocycles. The van der Waals surface area contributed by atoms with Gasteiger partial charge < -0.3 is 10.1 Å². The average Bonchev–Trinajstić information content (AvgIpc) is 2.71. The largest absolute Gasteiger partial charge is 0.481 e. The van der Waals surface area contributed by atoms with E-state index in [-0.39, 0.29) is 11.8 Å². The van der Waals surface area contributed by atoms with Crippen LogP contribution in [0.4, 0.5) is 13.2 Å². The minimum absolute atomic E-state index is 0.189. The van der Waals surface area contributed by atoms with Gasteiger partial charge in [0.15, 0.2) is 0 Å². The number of aromatic nitrogens is 1. The Morgan fingerprint density at radius 1 is 0.969 bits per heavy atom. The van der Waals surface area contributed by atoms with E-state index in [2.05, 4.69) is 4.98 Å². The molecule has 0 spiro atoms. The molecule has 1 heterocycles. The number of benzene rings is 3. The number of aromatic amines is 1. The lowest BCUT2D eigenvalue weighted by Gasteiger charge is -2.20. The van der Waals surface area contributed by atoms with Gasteiger partial charge in [-0.15, -0.1) is 0 Å². The van der Waals surface area contributed by atoms with Crippen LogP contribution in [0.25, 0.3) is 32.8 Å². The summed E-state index contributed by atoms with van der Waals surface area (Å²) in [5.74, 6) is -1.04. The molecule has 0 unspecified atom stereocenters. The number of carboxylic acid groups (broad SMARTS) is 1. The number of hydrogen-bond acceptors (Lipinski definition) is 2. The Balaban J connectivity index is 2.25. The van der Waals surface area contributed by atoms with E-state index in [1.165, 1.54) is 12.1 Å². The summed E-state index contributed by atoms with van der Waals surface area (Å²) in [7, 11) is 0. The van der Waals surface area contributed by atoms with Crippen LogP contribution in [-0.4, -0.2) is 16.1 Å². The zero-order chi connectivity index (χ0) is 23.4. The van der Waals surface area contributed by atoms with E-state index in [0.717, 1.165) is 17.2 Å². The number of aliphatic carboxylic acids is 1. The zero-order valence-electron chi connectivity index (χ0n) is 17.6. The molecule has 0 saturated carbocycles. The zero-order valence-corrected chi connectivity index (χ0v) is 17.6. The van der Waals surface area contributed by atoms with Crippen molar-refractivity contribution < 1.29 is 23.1 Å². The molecule has 32 heavy (non-hydrogen) atoms. The molecule has 3 aromatic carbocycles. The van der Waals surface area contributed by atoms with E-state index in [9.17, 15) is 27.9 Å². The first-order chi connectivity index (χ1) is 15.0. The SMILES string of the molecule is Cc1ccc(-c2c(CC(=O)O)c(C)c3[nH]c(=O)c4c(C(F)(F)F)cccc4c3c2C)cc1. The Bertz CT molecular complexity index is 1450. The lowest BCUT2D eigenvalue weighted by atomic mass is 9.85. The summed E-state index contributed by atoms with van der Waals surface area (Å²) in [6, 6.07) is 11.2. The van der Waals surface area contributed by atoms with Gasteiger partial charge in [0.1, 0.15) is 0 Å². The predicted molar refractivity (Wildman–Crippen MR) is 118 cm³/mol. The summed E-state index contributed by atoms with van der Waals surface area (Å²) in [6.07, 6.45) is -4.97. The van der Waals surface area contributed by atoms with Gasteiger partial charge in [-0.05, 0) is 60.0 Å². The number of hydrogen-bond donors (Lipinski definition) is 2. The molecule has 0 bridgehead atoms. The van der Waals surface area contributed by atoms with Gasteiger partial charge >= 0.3 is 12.1 Å². The van der Waals surface area contributed by atoms with Gasteiger partial charge in [-0.3, -0.25) is 9.59 Å². The normalized spacial score (nSPS) is 11.9. The van der Waals surface area contributed by atoms with Crippen LogP contribution in [0.3, 0.4) is 0 Å². The van der Waals surface area contributed by atoms with Gasteiger partial charge in [-0.2, -0.15) is 13.2 Å². The topological polar surface area (TPSA) is 70.2 Å². The van der Waals surface area contributed by atoms with E-state index < -0.39 is 28.7 Å². The second kappa shape index (κ2) is 7.51. The second-order valence-electron chi connectivity index (χ2n) is 7.97. The van der Waals surface area contributed by atoms with E-state index in [0.29, 0.717) is 33.2 Å². The number of alkyl halides is 3. The Kier molecular flexibility index (Phi) is 5.07. The number of nitrogens with one attached hydrogen (secondary N) is 1. The fourth-order valence-corrected chi connectivity index (χ4v) is 4.46. The molecule has 0 amide bonds. The smallest absolute Gasteiger partial charge is 0.417 e. The molecule has 4 nitrogen and oxygen atoms in total. The first kappa shape index (κ1) is 21.6. The van der Waals surface area contributed by atoms with Crippen molar-refractivity contribution in [2.24, 2.45) is 0 Å². The maximum absolute atomic E-state index is 13.6. The lowest BCUT2D eigenvalue weighted by Crippen LogP contribution is -2.16. The number of H-pyrrole nitrogens is 1. The molecule has 164 valence electrons. The molecule has 4 aromatic rings. The molecule has 0 atom stereocenters. The number of aryl methyl sites for hydroxylation is 3. The van der Waals surface area contributed by atoms with Crippen molar-refractivity contribution in [1.82, 2.24) is 4.98 Å². The van der Waals surface area contributed by atoms with Crippen LogP contribution in [0.2, 0.25) is 0 Å². The minimum Gasteiger partial charge on any atom is -0.481 e. The van der Waals surface area contributed by atoms with Crippen molar-refractivity contribution in [3.63, 3.8) is 0 Å². The van der Waals surface area contributed by atoms with E-state index in [4.69, 9.17) is 0 Å². The highest BCUT2D eigenvalue weighted by Crippen LogP contribution is 2.41. The summed E-state index contributed by atoms with van der Waals surface area (Å²) in [6.45, 7) is 5.37. The van der Waals surface area contributed by atoms with Gasteiger partial charge in [-0.1, -0.05) is 42.0 Å². The molecule has 4 rings (SSSR count). The third-order valence-corrected chi connectivity index (χ3v) is 5.90. The molecule has 0 aliphatic carbocycles. The molecule has 0 fully saturated rings. The Morgan fingerprint density at radius 2 is 1.62 bits per heavy atom. The Labute approximate surface area is 181 Å². The quantitative estimate of drug-likeness (QED) is 0.389. The molecule has 1 aromatic heterocycles. The maximum atomic E-state index is 13.6. The van der Waals surface area contributed by atoms with Crippen LogP contribution in [0.15, 0.2) is 47.3 Å². The van der Waals surface area contributed by atoms with Crippen molar-refractivity contribution in [2.75, 3.05) is 0 Å². The summed E-state index contributed by atoms with van der Waals surface area (Å²) in [5.41, 5.74) is 2.61. The average molecular weight is 439 g/mol. The van der Waals surface area contributed by atoms with Crippen molar-refractivity contribution in [1.29, 1.82) is 0 Å². The van der Waals surface area contributed by atoms with Crippen LogP contribution in [-0.2, 0) is 17.4 Å². The van der Waals surface area contributed by atoms with Gasteiger partial charge in [0, 0.05) is 5.39 Å². The monoisotopic (exact) mass is 439 g/mol. The van der Waals surface area contributed by atoms with E-state index >= 15 is 0 Å². The van der Waals surface area contributed by atoms with Crippen LogP contribution >= 0.6 is 0 Å². The van der Waals surface area contributed by atoms with Gasteiger partial charge in [0.05, 0.1) is 22.9 Å². The maximum Gasteiger partial charge on any atom is 0.417 e. The molecule has 0 aliphatic heterocycles. The molecule has 0 aliphatic rings. The second-order valence-corrected chi connectivity index (χ2v) is 7.97. The van der Waals surface area contributed by atoms with Gasteiger partial charge in [0.25, 0.3) is 5.56 Å². The van der Waals surface area contributed by atoms with Crippen molar-refractivity contribution >= 4 is 27.6 Å². The molecular weight excluding hydrogens is 419 g/mol. The summed E-state index contributed by atoms with van der Waals surface area (Å²) in [5, 5.41) is 9.77. The lowest BCUT2D eigenvalue weighted by molar-refractivity contribution is -0.137. The van der Waals surface area contributed by atoms with Gasteiger partial charge in [0.2, 0.25) is 0 Å². The first-order valence-corrected chi connectivity index (χ1v) is 9.97. The van der Waals surface area contributed by atoms with Crippen molar-refractivity contribution in [3.8, 4) is 11.1 Å². The minimum atomic E-state index is -4.69. The van der Waals surface area contributed by atoms with Crippen LogP contribution in [0.1, 0.15) is 27.8 Å². The van der Waals surface area contributed by atoms with E-state index in [1.807, 2.05) is 31.2 Å². The predicted octanol–water partition coefficient (Wildman–Crippen LogP) is 5.92. The Hall–Kier alpha value is -3.61. The van der Waals surface area contributed by atoms with Crippen molar-refractivity contribution in [3.05, 3.63) is 80.6 Å². The highest BCUT2D eigenvalue weighted by molar-refractivity contribution is 6.11. The number of rotatable bonds is 3. The number of pyridine rings is 1. The van der Waals surface area contributed by atoms with Crippen LogP contribution in [0.5, 0.6) is 0 Å². The van der Waals surface area contributed by atoms with E-state index in [1.54, 1.807) is 13.8 Å². The summed E-state index contributed by atoms with van der Waals surface area (Å²) >= 11 is 0. The third kappa shape index (κ3) is 3.43. The summed E-state index contributed by atoms with van der Waals surface area (Å²) < 4.78 is 40.9. The first-order valence-electron chi connectivity index (χ1n) is 9.97. The van der Waals surface area contributed by atoms with Crippen molar-refractivity contribution in [2.45, 2.75) is 33.4 Å². The number of carbonyl (C=O) groups is 1. The van der Waals surface area contributed by atoms with Gasteiger partial charge in [-0.25, -0.2) is 0 Å². The fourth-order valence-electron chi connectivity index (χ4n) is 4.46.